The maximum absolute atomic E-state index is 3.71. The molecule has 1 N–H and O–H groups in total. The Morgan fingerprint density at radius 2 is 2.40 bits per heavy atom. The Morgan fingerprint density at radius 1 is 1.70 bits per heavy atom. The van der Waals surface area contributed by atoms with Crippen LogP contribution in [0.1, 0.15) is 13.3 Å². The Labute approximate surface area is 71.3 Å². The molecule has 10 heavy (non-hydrogen) atoms. The molecule has 0 aliphatic rings. The number of rotatable bonds is 5. The highest BCUT2D eigenvalue weighted by atomic mass is 79.9. The van der Waals surface area contributed by atoms with Crippen molar-refractivity contribution in [2.24, 2.45) is 0 Å². The molecule has 0 spiro atoms. The van der Waals surface area contributed by atoms with Crippen molar-refractivity contribution in [3.8, 4) is 0 Å². The molecule has 0 fully saturated rings. The fourth-order valence-corrected chi connectivity index (χ4v) is 0.774. The smallest absolute Gasteiger partial charge is 0.0265 e. The summed E-state index contributed by atoms with van der Waals surface area (Å²) in [6.07, 6.45) is 5.30. The van der Waals surface area contributed by atoms with Crippen molar-refractivity contribution in [3.63, 3.8) is 0 Å². The second kappa shape index (κ2) is 7.03. The standard InChI is InChI=1S/C8H14BrN/c1-3-4-5-6-10-7-8(2)9/h3-4,10H,2,5-7H2,1H3/b4-3+. The predicted octanol–water partition coefficient (Wildman–Crippen LogP) is 2.45. The lowest BCUT2D eigenvalue weighted by Crippen LogP contribution is -2.15. The molecule has 0 aromatic heterocycles. The minimum atomic E-state index is 0.859. The van der Waals surface area contributed by atoms with E-state index in [-0.39, 0.29) is 0 Å². The van der Waals surface area contributed by atoms with Gasteiger partial charge in [0.05, 0.1) is 0 Å². The van der Waals surface area contributed by atoms with E-state index in [2.05, 4.69) is 40.0 Å². The van der Waals surface area contributed by atoms with Gasteiger partial charge in [-0.25, -0.2) is 0 Å². The van der Waals surface area contributed by atoms with Gasteiger partial charge in [0.25, 0.3) is 0 Å². The van der Waals surface area contributed by atoms with Crippen LogP contribution in [-0.2, 0) is 0 Å². The van der Waals surface area contributed by atoms with Crippen molar-refractivity contribution >= 4 is 15.9 Å². The van der Waals surface area contributed by atoms with Gasteiger partial charge in [0.1, 0.15) is 0 Å². The van der Waals surface area contributed by atoms with Crippen LogP contribution in [0.25, 0.3) is 0 Å². The fraction of sp³-hybridized carbons (Fsp3) is 0.500. The second-order valence-corrected chi connectivity index (χ2v) is 3.17. The van der Waals surface area contributed by atoms with Gasteiger partial charge < -0.3 is 5.32 Å². The molecule has 0 heterocycles. The number of allylic oxidation sites excluding steroid dienone is 1. The summed E-state index contributed by atoms with van der Waals surface area (Å²) in [4.78, 5) is 0. The molecule has 0 saturated carbocycles. The van der Waals surface area contributed by atoms with Crippen molar-refractivity contribution in [2.75, 3.05) is 13.1 Å². The summed E-state index contributed by atoms with van der Waals surface area (Å²) in [5, 5.41) is 3.22. The first-order valence-corrected chi connectivity index (χ1v) is 4.22. The molecule has 0 atom stereocenters. The van der Waals surface area contributed by atoms with Crippen LogP contribution in [0.3, 0.4) is 0 Å². The monoisotopic (exact) mass is 203 g/mol. The molecule has 0 aliphatic heterocycles. The first-order chi connectivity index (χ1) is 4.77. The molecule has 0 saturated heterocycles. The highest BCUT2D eigenvalue weighted by Gasteiger charge is 1.84. The van der Waals surface area contributed by atoms with E-state index in [0.717, 1.165) is 24.0 Å². The van der Waals surface area contributed by atoms with Crippen LogP contribution < -0.4 is 5.32 Å². The van der Waals surface area contributed by atoms with Crippen molar-refractivity contribution < 1.29 is 0 Å². The predicted molar refractivity (Wildman–Crippen MR) is 50.4 cm³/mol. The van der Waals surface area contributed by atoms with E-state index in [4.69, 9.17) is 0 Å². The molecule has 0 bridgehead atoms. The van der Waals surface area contributed by atoms with Gasteiger partial charge in [-0.3, -0.25) is 0 Å². The maximum atomic E-state index is 3.71. The van der Waals surface area contributed by atoms with Crippen LogP contribution in [0.2, 0.25) is 0 Å². The van der Waals surface area contributed by atoms with Crippen LogP contribution in [-0.4, -0.2) is 13.1 Å². The van der Waals surface area contributed by atoms with Gasteiger partial charge >= 0.3 is 0 Å². The zero-order valence-electron chi connectivity index (χ0n) is 6.36. The summed E-state index contributed by atoms with van der Waals surface area (Å²) in [5.74, 6) is 0. The van der Waals surface area contributed by atoms with Crippen LogP contribution in [0.15, 0.2) is 23.2 Å². The van der Waals surface area contributed by atoms with Crippen LogP contribution in [0.5, 0.6) is 0 Å². The molecule has 58 valence electrons. The molecule has 0 amide bonds. The molecule has 0 rings (SSSR count). The quantitative estimate of drug-likeness (QED) is 0.535. The first kappa shape index (κ1) is 9.92. The average Bonchev–Trinajstić information content (AvgIpc) is 1.87. The van der Waals surface area contributed by atoms with Gasteiger partial charge in [-0.2, -0.15) is 0 Å². The fourth-order valence-electron chi connectivity index (χ4n) is 0.576. The summed E-state index contributed by atoms with van der Waals surface area (Å²) in [6, 6.07) is 0. The second-order valence-electron chi connectivity index (χ2n) is 2.05. The Balaban J connectivity index is 2.98. The largest absolute Gasteiger partial charge is 0.312 e. The summed E-state index contributed by atoms with van der Waals surface area (Å²) >= 11 is 3.27. The third-order valence-corrected chi connectivity index (χ3v) is 1.32. The van der Waals surface area contributed by atoms with E-state index in [1.54, 1.807) is 0 Å². The van der Waals surface area contributed by atoms with E-state index in [1.807, 2.05) is 6.92 Å². The molecule has 0 unspecified atom stereocenters. The van der Waals surface area contributed by atoms with Gasteiger partial charge in [0.15, 0.2) is 0 Å². The summed E-state index contributed by atoms with van der Waals surface area (Å²) in [5.41, 5.74) is 0. The maximum Gasteiger partial charge on any atom is 0.0265 e. The van der Waals surface area contributed by atoms with E-state index in [0.29, 0.717) is 0 Å². The number of hydrogen-bond acceptors (Lipinski definition) is 1. The van der Waals surface area contributed by atoms with Gasteiger partial charge in [-0.15, -0.1) is 0 Å². The summed E-state index contributed by atoms with van der Waals surface area (Å²) in [6.45, 7) is 7.62. The van der Waals surface area contributed by atoms with Crippen LogP contribution in [0.4, 0.5) is 0 Å². The van der Waals surface area contributed by atoms with Crippen molar-refractivity contribution in [1.29, 1.82) is 0 Å². The zero-order chi connectivity index (χ0) is 7.82. The van der Waals surface area contributed by atoms with Crippen molar-refractivity contribution in [3.05, 3.63) is 23.2 Å². The molecule has 0 radical (unpaired) electrons. The Hall–Kier alpha value is -0.0800. The van der Waals surface area contributed by atoms with Crippen molar-refractivity contribution in [1.82, 2.24) is 5.32 Å². The summed E-state index contributed by atoms with van der Waals surface area (Å²) in [7, 11) is 0. The van der Waals surface area contributed by atoms with E-state index in [1.165, 1.54) is 0 Å². The molecular weight excluding hydrogens is 190 g/mol. The van der Waals surface area contributed by atoms with Crippen LogP contribution >= 0.6 is 15.9 Å². The molecule has 0 aromatic rings. The molecular formula is C8H14BrN. The van der Waals surface area contributed by atoms with Gasteiger partial charge in [0.2, 0.25) is 0 Å². The van der Waals surface area contributed by atoms with Gasteiger partial charge in [0, 0.05) is 11.0 Å². The van der Waals surface area contributed by atoms with Crippen molar-refractivity contribution in [2.45, 2.75) is 13.3 Å². The topological polar surface area (TPSA) is 12.0 Å². The third kappa shape index (κ3) is 7.92. The highest BCUT2D eigenvalue weighted by molar-refractivity contribution is 9.11. The lowest BCUT2D eigenvalue weighted by atomic mass is 10.4. The van der Waals surface area contributed by atoms with E-state index >= 15 is 0 Å². The number of nitrogens with one attached hydrogen (secondary N) is 1. The highest BCUT2D eigenvalue weighted by Crippen LogP contribution is 1.96. The lowest BCUT2D eigenvalue weighted by molar-refractivity contribution is 0.754. The minimum Gasteiger partial charge on any atom is -0.312 e. The Morgan fingerprint density at radius 3 is 2.90 bits per heavy atom. The molecule has 0 aliphatic carbocycles. The lowest BCUT2D eigenvalue weighted by Gasteiger charge is -1.98. The average molecular weight is 204 g/mol. The Bertz CT molecular complexity index is 118. The van der Waals surface area contributed by atoms with E-state index in [9.17, 15) is 0 Å². The van der Waals surface area contributed by atoms with Gasteiger partial charge in [-0.05, 0) is 19.9 Å². The number of halogens is 1. The molecule has 0 aromatic carbocycles. The minimum absolute atomic E-state index is 0.859. The van der Waals surface area contributed by atoms with E-state index < -0.39 is 0 Å². The Kier molecular flexibility index (Phi) is 6.98. The molecule has 2 heteroatoms. The van der Waals surface area contributed by atoms with Crippen LogP contribution in [0, 0.1) is 0 Å². The first-order valence-electron chi connectivity index (χ1n) is 3.42. The molecule has 1 nitrogen and oxygen atoms in total. The normalized spacial score (nSPS) is 10.6. The van der Waals surface area contributed by atoms with Gasteiger partial charge in [-0.1, -0.05) is 34.7 Å². The summed E-state index contributed by atoms with van der Waals surface area (Å²) < 4.78 is 1.01. The third-order valence-electron chi connectivity index (χ3n) is 1.04. The number of hydrogen-bond donors (Lipinski definition) is 1. The SMILES string of the molecule is C=C(Br)CNCC/C=C/C. The zero-order valence-corrected chi connectivity index (χ0v) is 7.95.